The van der Waals surface area contributed by atoms with Crippen LogP contribution in [0.25, 0.3) is 0 Å². The Hall–Kier alpha value is -1.59. The topological polar surface area (TPSA) is 42.0 Å². The molecule has 0 aromatic heterocycles. The summed E-state index contributed by atoms with van der Waals surface area (Å²) in [5.74, 6) is 1.94. The molecule has 4 rings (SSSR count). The number of benzene rings is 1. The first-order valence-electron chi connectivity index (χ1n) is 9.52. The molecule has 1 aromatic carbocycles. The zero-order valence-electron chi connectivity index (χ0n) is 15.0. The average Bonchev–Trinajstić information content (AvgIpc) is 3.24. The van der Waals surface area contributed by atoms with Crippen LogP contribution in [0.5, 0.6) is 5.75 Å². The predicted octanol–water partition coefficient (Wildman–Crippen LogP) is 2.27. The van der Waals surface area contributed by atoms with Crippen LogP contribution >= 0.6 is 0 Å². The molecule has 3 aliphatic heterocycles. The molecule has 3 atom stereocenters. The van der Waals surface area contributed by atoms with Crippen molar-refractivity contribution in [1.29, 1.82) is 0 Å². The number of likely N-dealkylation sites (tertiary alicyclic amines) is 2. The van der Waals surface area contributed by atoms with Gasteiger partial charge in [-0.25, -0.2) is 0 Å². The summed E-state index contributed by atoms with van der Waals surface area (Å²) in [6, 6.07) is 7.39. The zero-order valence-corrected chi connectivity index (χ0v) is 15.0. The lowest BCUT2D eigenvalue weighted by Crippen LogP contribution is -2.38. The van der Waals surface area contributed by atoms with E-state index in [-0.39, 0.29) is 12.0 Å². The maximum atomic E-state index is 12.8. The fourth-order valence-corrected chi connectivity index (χ4v) is 4.54. The van der Waals surface area contributed by atoms with E-state index in [0.29, 0.717) is 11.8 Å². The Bertz CT molecular complexity index is 597. The fraction of sp³-hybridized carbons (Fsp3) is 0.650. The van der Waals surface area contributed by atoms with E-state index in [1.165, 1.54) is 32.4 Å². The third-order valence-corrected chi connectivity index (χ3v) is 6.00. The molecule has 136 valence electrons. The van der Waals surface area contributed by atoms with Crippen molar-refractivity contribution in [3.63, 3.8) is 0 Å². The molecular weight excluding hydrogens is 316 g/mol. The summed E-state index contributed by atoms with van der Waals surface area (Å²) in [6.45, 7) is 5.99. The Balaban J connectivity index is 1.37. The van der Waals surface area contributed by atoms with E-state index in [4.69, 9.17) is 9.47 Å². The smallest absolute Gasteiger partial charge is 0.253 e. The van der Waals surface area contributed by atoms with Crippen LogP contribution < -0.4 is 4.74 Å². The number of ether oxygens (including phenoxy) is 2. The van der Waals surface area contributed by atoms with Crippen LogP contribution in [-0.4, -0.2) is 68.3 Å². The Morgan fingerprint density at radius 1 is 1.16 bits per heavy atom. The molecule has 0 unspecified atom stereocenters. The second kappa shape index (κ2) is 7.34. The third kappa shape index (κ3) is 3.53. The van der Waals surface area contributed by atoms with Gasteiger partial charge < -0.3 is 19.3 Å². The summed E-state index contributed by atoms with van der Waals surface area (Å²) in [5.41, 5.74) is 0.730. The van der Waals surface area contributed by atoms with Crippen LogP contribution in [0, 0.1) is 11.8 Å². The molecule has 3 aliphatic rings. The number of hydrogen-bond acceptors (Lipinski definition) is 4. The van der Waals surface area contributed by atoms with E-state index in [2.05, 4.69) is 4.90 Å². The molecule has 5 nitrogen and oxygen atoms in total. The summed E-state index contributed by atoms with van der Waals surface area (Å²) in [7, 11) is 1.64. The second-order valence-electron chi connectivity index (χ2n) is 7.60. The maximum Gasteiger partial charge on any atom is 0.253 e. The number of carbonyl (C=O) groups is 1. The number of carbonyl (C=O) groups excluding carboxylic acids is 1. The fourth-order valence-electron chi connectivity index (χ4n) is 4.54. The molecule has 0 bridgehead atoms. The first-order chi connectivity index (χ1) is 12.2. The lowest BCUT2D eigenvalue weighted by Gasteiger charge is -2.30. The van der Waals surface area contributed by atoms with E-state index in [1.54, 1.807) is 7.11 Å². The highest BCUT2D eigenvalue weighted by Crippen LogP contribution is 2.35. The lowest BCUT2D eigenvalue weighted by molar-refractivity contribution is 0.0661. The number of methoxy groups -OCH3 is 1. The maximum absolute atomic E-state index is 12.8. The average molecular weight is 344 g/mol. The third-order valence-electron chi connectivity index (χ3n) is 6.00. The predicted molar refractivity (Wildman–Crippen MR) is 95.9 cm³/mol. The normalized spacial score (nSPS) is 29.6. The summed E-state index contributed by atoms with van der Waals surface area (Å²) in [4.78, 5) is 17.4. The van der Waals surface area contributed by atoms with Crippen molar-refractivity contribution in [3.05, 3.63) is 29.8 Å². The highest BCUT2D eigenvalue weighted by molar-refractivity contribution is 5.94. The van der Waals surface area contributed by atoms with E-state index in [9.17, 15) is 4.79 Å². The van der Waals surface area contributed by atoms with Crippen molar-refractivity contribution in [1.82, 2.24) is 9.80 Å². The number of hydrogen-bond donors (Lipinski definition) is 0. The number of fused-ring (bicyclic) bond motifs is 1. The van der Waals surface area contributed by atoms with Gasteiger partial charge in [-0.3, -0.25) is 4.79 Å². The van der Waals surface area contributed by atoms with Crippen LogP contribution in [0.4, 0.5) is 0 Å². The van der Waals surface area contributed by atoms with Gasteiger partial charge in [-0.15, -0.1) is 0 Å². The molecule has 0 radical (unpaired) electrons. The summed E-state index contributed by atoms with van der Waals surface area (Å²) in [5, 5.41) is 0. The van der Waals surface area contributed by atoms with E-state index < -0.39 is 0 Å². The standard InChI is InChI=1S/C20H28N2O3/c1-24-17-7-5-15(6-8-17)20(23)22-12-18-16(14-25-19(18)13-22)11-21-9-3-2-4-10-21/h5-8,16,18-19H,2-4,9-14H2,1H3/t16-,18-,19-/m1/s1. The van der Waals surface area contributed by atoms with Crippen LogP contribution in [-0.2, 0) is 4.74 Å². The summed E-state index contributed by atoms with van der Waals surface area (Å²) < 4.78 is 11.2. The van der Waals surface area contributed by atoms with Gasteiger partial charge in [0.25, 0.3) is 5.91 Å². The molecule has 25 heavy (non-hydrogen) atoms. The van der Waals surface area contributed by atoms with Gasteiger partial charge in [0.1, 0.15) is 5.75 Å². The van der Waals surface area contributed by atoms with Crippen molar-refractivity contribution in [3.8, 4) is 5.75 Å². The van der Waals surface area contributed by atoms with Crippen LogP contribution in [0.3, 0.4) is 0 Å². The molecule has 5 heteroatoms. The Labute approximate surface area is 149 Å². The van der Waals surface area contributed by atoms with E-state index in [0.717, 1.165) is 37.6 Å². The highest BCUT2D eigenvalue weighted by Gasteiger charge is 2.45. The van der Waals surface area contributed by atoms with Crippen molar-refractivity contribution < 1.29 is 14.3 Å². The monoisotopic (exact) mass is 344 g/mol. The molecular formula is C20H28N2O3. The molecule has 0 spiro atoms. The van der Waals surface area contributed by atoms with Gasteiger partial charge in [-0.1, -0.05) is 6.42 Å². The van der Waals surface area contributed by atoms with E-state index >= 15 is 0 Å². The molecule has 3 saturated heterocycles. The van der Waals surface area contributed by atoms with Crippen LogP contribution in [0.15, 0.2) is 24.3 Å². The minimum Gasteiger partial charge on any atom is -0.497 e. The minimum absolute atomic E-state index is 0.109. The van der Waals surface area contributed by atoms with Gasteiger partial charge in [-0.2, -0.15) is 0 Å². The number of piperidine rings is 1. The first kappa shape index (κ1) is 16.9. The van der Waals surface area contributed by atoms with Gasteiger partial charge in [-0.05, 0) is 50.2 Å². The molecule has 0 saturated carbocycles. The quantitative estimate of drug-likeness (QED) is 0.840. The van der Waals surface area contributed by atoms with E-state index in [1.807, 2.05) is 29.2 Å². The lowest BCUT2D eigenvalue weighted by atomic mass is 9.92. The highest BCUT2D eigenvalue weighted by atomic mass is 16.5. The molecule has 1 aromatic rings. The first-order valence-corrected chi connectivity index (χ1v) is 9.52. The second-order valence-corrected chi connectivity index (χ2v) is 7.60. The minimum atomic E-state index is 0.109. The van der Waals surface area contributed by atoms with Gasteiger partial charge in [0.05, 0.1) is 19.8 Å². The molecule has 3 heterocycles. The Morgan fingerprint density at radius 2 is 1.92 bits per heavy atom. The van der Waals surface area contributed by atoms with Crippen LogP contribution in [0.2, 0.25) is 0 Å². The van der Waals surface area contributed by atoms with Crippen molar-refractivity contribution in [2.45, 2.75) is 25.4 Å². The SMILES string of the molecule is COc1ccc(C(=O)N2C[C@@H]3[C@H](CN4CCCCC4)CO[C@@H]3C2)cc1. The van der Waals surface area contributed by atoms with Gasteiger partial charge >= 0.3 is 0 Å². The largest absolute Gasteiger partial charge is 0.497 e. The van der Waals surface area contributed by atoms with Gasteiger partial charge in [0.15, 0.2) is 0 Å². The molecule has 1 amide bonds. The number of nitrogens with zero attached hydrogens (tertiary/aromatic N) is 2. The van der Waals surface area contributed by atoms with Gasteiger partial charge in [0, 0.05) is 37.0 Å². The molecule has 0 aliphatic carbocycles. The molecule has 3 fully saturated rings. The molecule has 0 N–H and O–H groups in total. The van der Waals surface area contributed by atoms with Crippen LogP contribution in [0.1, 0.15) is 29.6 Å². The zero-order chi connectivity index (χ0) is 17.2. The number of amides is 1. The number of rotatable bonds is 4. The Kier molecular flexibility index (Phi) is 4.95. The summed E-state index contributed by atoms with van der Waals surface area (Å²) in [6.07, 6.45) is 4.23. The van der Waals surface area contributed by atoms with Crippen molar-refractivity contribution in [2.24, 2.45) is 11.8 Å². The summed E-state index contributed by atoms with van der Waals surface area (Å²) >= 11 is 0. The van der Waals surface area contributed by atoms with Crippen molar-refractivity contribution >= 4 is 5.91 Å². The Morgan fingerprint density at radius 3 is 2.64 bits per heavy atom. The van der Waals surface area contributed by atoms with Crippen molar-refractivity contribution in [2.75, 3.05) is 46.4 Å². The van der Waals surface area contributed by atoms with Gasteiger partial charge in [0.2, 0.25) is 0 Å².